The predicted octanol–water partition coefficient (Wildman–Crippen LogP) is -1.37. The second-order valence-electron chi connectivity index (χ2n) is 6.32. The highest BCUT2D eigenvalue weighted by Crippen LogP contribution is 2.30. The van der Waals surface area contributed by atoms with Gasteiger partial charge in [0.2, 0.25) is 5.91 Å². The lowest BCUT2D eigenvalue weighted by atomic mass is 10.0. The third kappa shape index (κ3) is 5.11. The number of nitrogens with zero attached hydrogens (tertiary/aromatic N) is 3. The van der Waals surface area contributed by atoms with Crippen molar-refractivity contribution in [3.8, 4) is 0 Å². The first-order valence-corrected chi connectivity index (χ1v) is 9.16. The molecule has 2 heterocycles. The van der Waals surface area contributed by atoms with E-state index in [4.69, 9.17) is 4.55 Å². The van der Waals surface area contributed by atoms with Crippen LogP contribution in [0.2, 0.25) is 0 Å². The lowest BCUT2D eigenvalue weighted by Crippen LogP contribution is -2.50. The van der Waals surface area contributed by atoms with Crippen LogP contribution in [0.5, 0.6) is 0 Å². The van der Waals surface area contributed by atoms with Gasteiger partial charge in [0.1, 0.15) is 6.04 Å². The van der Waals surface area contributed by atoms with E-state index >= 15 is 0 Å². The molecule has 25 heavy (non-hydrogen) atoms. The van der Waals surface area contributed by atoms with Gasteiger partial charge in [0.05, 0.1) is 12.6 Å². The van der Waals surface area contributed by atoms with Crippen molar-refractivity contribution >= 4 is 28.1 Å². The van der Waals surface area contributed by atoms with Crippen LogP contribution >= 0.6 is 0 Å². The quantitative estimate of drug-likeness (QED) is 0.494. The number of rotatable bonds is 8. The van der Waals surface area contributed by atoms with E-state index in [2.05, 4.69) is 9.60 Å². The van der Waals surface area contributed by atoms with Crippen LogP contribution < -0.4 is 5.32 Å². The fourth-order valence-corrected chi connectivity index (χ4v) is 3.23. The minimum absolute atomic E-state index is 0.112. The zero-order valence-corrected chi connectivity index (χ0v) is 14.9. The summed E-state index contributed by atoms with van der Waals surface area (Å²) < 4.78 is 34.7. The van der Waals surface area contributed by atoms with E-state index in [0.717, 1.165) is 0 Å². The van der Waals surface area contributed by atoms with Crippen LogP contribution in [0.3, 0.4) is 0 Å². The Kier molecular flexibility index (Phi) is 5.98. The highest BCUT2D eigenvalue weighted by atomic mass is 32.3. The number of carbonyl (C=O) groups is 3. The van der Waals surface area contributed by atoms with Gasteiger partial charge >= 0.3 is 16.4 Å². The zero-order chi connectivity index (χ0) is 18.8. The Bertz CT molecular complexity index is 651. The molecule has 0 spiro atoms. The van der Waals surface area contributed by atoms with E-state index in [1.165, 1.54) is 4.90 Å². The number of hydrogen-bond donors (Lipinski definition) is 2. The Morgan fingerprint density at radius 1 is 1.36 bits per heavy atom. The van der Waals surface area contributed by atoms with Crippen molar-refractivity contribution in [3.63, 3.8) is 0 Å². The Hall–Kier alpha value is -1.76. The summed E-state index contributed by atoms with van der Waals surface area (Å²) in [5, 5.41) is 3.09. The molecule has 2 atom stereocenters. The molecule has 11 nitrogen and oxygen atoms in total. The van der Waals surface area contributed by atoms with Gasteiger partial charge in [0.25, 0.3) is 0 Å². The first-order valence-electron chi connectivity index (χ1n) is 7.79. The Morgan fingerprint density at radius 3 is 2.64 bits per heavy atom. The number of ketones is 1. The van der Waals surface area contributed by atoms with E-state index < -0.39 is 34.4 Å². The van der Waals surface area contributed by atoms with Gasteiger partial charge in [-0.15, -0.1) is 4.28 Å². The number of piperidine rings is 1. The van der Waals surface area contributed by atoms with Gasteiger partial charge in [-0.25, -0.2) is 4.79 Å². The Labute approximate surface area is 145 Å². The number of carbonyl (C=O) groups excluding carboxylic acids is 3. The van der Waals surface area contributed by atoms with E-state index in [1.807, 2.05) is 19.0 Å². The standard InChI is InChI=1S/C13H22N4O7S/c1-15(2)6-5-10(18)7-14-12(19)11-4-3-9-8-16(11)13(20)17(9)24-25(21,22)23/h9,11H,3-8H2,1-2H3,(H,14,19)(H,21,22,23)/t9-,11+/m1/s1. The van der Waals surface area contributed by atoms with Crippen LogP contribution in [0.1, 0.15) is 19.3 Å². The fourth-order valence-electron chi connectivity index (χ4n) is 2.84. The van der Waals surface area contributed by atoms with Gasteiger partial charge in [0, 0.05) is 19.5 Å². The van der Waals surface area contributed by atoms with E-state index in [1.54, 1.807) is 0 Å². The van der Waals surface area contributed by atoms with Crippen molar-refractivity contribution in [2.45, 2.75) is 31.3 Å². The summed E-state index contributed by atoms with van der Waals surface area (Å²) in [6, 6.07) is -2.17. The molecule has 2 fully saturated rings. The number of hydroxylamine groups is 2. The molecule has 12 heteroatoms. The molecule has 0 aromatic carbocycles. The molecule has 2 aliphatic rings. The number of fused-ring (bicyclic) bond motifs is 2. The maximum atomic E-state index is 12.3. The molecule has 0 aliphatic carbocycles. The molecule has 0 aromatic heterocycles. The molecule has 0 aromatic rings. The minimum atomic E-state index is -4.82. The highest BCUT2D eigenvalue weighted by Gasteiger charge is 2.49. The third-order valence-electron chi connectivity index (χ3n) is 4.10. The van der Waals surface area contributed by atoms with Crippen molar-refractivity contribution in [2.75, 3.05) is 33.7 Å². The van der Waals surface area contributed by atoms with E-state index in [-0.39, 0.29) is 18.9 Å². The van der Waals surface area contributed by atoms with Crippen LogP contribution in [0.15, 0.2) is 0 Å². The van der Waals surface area contributed by atoms with E-state index in [0.29, 0.717) is 30.9 Å². The highest BCUT2D eigenvalue weighted by molar-refractivity contribution is 7.80. The number of Topliss-reactive ketones (excluding diaryl/α,β-unsaturated/α-hetero) is 1. The van der Waals surface area contributed by atoms with Crippen molar-refractivity contribution < 1.29 is 31.6 Å². The normalized spacial score (nSPS) is 23.3. The molecule has 3 amide bonds. The summed E-state index contributed by atoms with van der Waals surface area (Å²) in [5.74, 6) is -0.599. The monoisotopic (exact) mass is 378 g/mol. The lowest BCUT2D eigenvalue weighted by molar-refractivity contribution is -0.128. The molecule has 142 valence electrons. The zero-order valence-electron chi connectivity index (χ0n) is 14.0. The minimum Gasteiger partial charge on any atom is -0.347 e. The first-order chi connectivity index (χ1) is 11.6. The smallest absolute Gasteiger partial charge is 0.347 e. The molecule has 2 saturated heterocycles. The fraction of sp³-hybridized carbons (Fsp3) is 0.769. The maximum Gasteiger partial charge on any atom is 0.418 e. The summed E-state index contributed by atoms with van der Waals surface area (Å²) in [6.07, 6.45) is 0.947. The molecular formula is C13H22N4O7S. The van der Waals surface area contributed by atoms with Gasteiger partial charge in [0.15, 0.2) is 5.78 Å². The van der Waals surface area contributed by atoms with E-state index in [9.17, 15) is 22.8 Å². The van der Waals surface area contributed by atoms with Crippen LogP contribution in [0.25, 0.3) is 0 Å². The number of hydrogen-bond acceptors (Lipinski definition) is 7. The van der Waals surface area contributed by atoms with Gasteiger partial charge in [-0.1, -0.05) is 0 Å². The molecule has 0 saturated carbocycles. The summed E-state index contributed by atoms with van der Waals surface area (Å²) >= 11 is 0. The first kappa shape index (κ1) is 19.6. The largest absolute Gasteiger partial charge is 0.418 e. The summed E-state index contributed by atoms with van der Waals surface area (Å²) in [7, 11) is -1.15. The average Bonchev–Trinajstić information content (AvgIpc) is 2.74. The average molecular weight is 378 g/mol. The number of urea groups is 1. The van der Waals surface area contributed by atoms with Gasteiger partial charge in [-0.3, -0.25) is 14.1 Å². The van der Waals surface area contributed by atoms with Gasteiger partial charge in [-0.05, 0) is 26.9 Å². The van der Waals surface area contributed by atoms with Crippen LogP contribution in [-0.4, -0.2) is 91.4 Å². The number of amides is 3. The van der Waals surface area contributed by atoms with Crippen LogP contribution in [0, 0.1) is 0 Å². The van der Waals surface area contributed by atoms with Crippen molar-refractivity contribution in [1.82, 2.24) is 20.2 Å². The Morgan fingerprint density at radius 2 is 2.04 bits per heavy atom. The van der Waals surface area contributed by atoms with Crippen molar-refractivity contribution in [2.24, 2.45) is 0 Å². The molecule has 0 radical (unpaired) electrons. The molecular weight excluding hydrogens is 356 g/mol. The van der Waals surface area contributed by atoms with Crippen molar-refractivity contribution in [3.05, 3.63) is 0 Å². The molecule has 0 unspecified atom stereocenters. The van der Waals surface area contributed by atoms with Gasteiger partial charge in [-0.2, -0.15) is 13.5 Å². The van der Waals surface area contributed by atoms with Crippen molar-refractivity contribution in [1.29, 1.82) is 0 Å². The van der Waals surface area contributed by atoms with Crippen LogP contribution in [-0.2, 0) is 24.3 Å². The van der Waals surface area contributed by atoms with Crippen LogP contribution in [0.4, 0.5) is 4.79 Å². The molecule has 2 aliphatic heterocycles. The second-order valence-corrected chi connectivity index (χ2v) is 7.32. The van der Waals surface area contributed by atoms with Gasteiger partial charge < -0.3 is 15.1 Å². The third-order valence-corrected chi connectivity index (χ3v) is 4.45. The predicted molar refractivity (Wildman–Crippen MR) is 84.6 cm³/mol. The molecule has 2 bridgehead atoms. The SMILES string of the molecule is CN(C)CCC(=O)CNC(=O)[C@@H]1CC[C@@H]2CN1C(=O)N2OS(=O)(=O)O. The second kappa shape index (κ2) is 7.64. The molecule has 2 rings (SSSR count). The summed E-state index contributed by atoms with van der Waals surface area (Å²) in [4.78, 5) is 39.2. The maximum absolute atomic E-state index is 12.3. The summed E-state index contributed by atoms with van der Waals surface area (Å²) in [6.45, 7) is 0.563. The lowest BCUT2D eigenvalue weighted by Gasteiger charge is -2.29. The number of nitrogens with one attached hydrogen (secondary N) is 1. The topological polar surface area (TPSA) is 137 Å². The summed E-state index contributed by atoms with van der Waals surface area (Å²) in [5.41, 5.74) is 0. The Balaban J connectivity index is 1.90. The molecule has 2 N–H and O–H groups in total.